The van der Waals surface area contributed by atoms with E-state index in [9.17, 15) is 0 Å². The second-order valence-corrected chi connectivity index (χ2v) is 15.2. The molecule has 0 unspecified atom stereocenters. The number of nitrogens with one attached hydrogen (secondary N) is 2. The van der Waals surface area contributed by atoms with Gasteiger partial charge in [0.2, 0.25) is 0 Å². The minimum Gasteiger partial charge on any atom is -0.373 e. The van der Waals surface area contributed by atoms with Gasteiger partial charge in [0, 0.05) is 5.92 Å². The summed E-state index contributed by atoms with van der Waals surface area (Å²) in [5.74, 6) is 0.575. The molecule has 4 aliphatic rings. The van der Waals surface area contributed by atoms with E-state index in [4.69, 9.17) is 28.4 Å². The summed E-state index contributed by atoms with van der Waals surface area (Å²) >= 11 is 0. The zero-order valence-electron chi connectivity index (χ0n) is 30.4. The van der Waals surface area contributed by atoms with Crippen LogP contribution in [0.2, 0.25) is 0 Å². The van der Waals surface area contributed by atoms with Gasteiger partial charge in [-0.15, -0.1) is 0 Å². The Morgan fingerprint density at radius 3 is 0.841 bits per heavy atom. The first-order chi connectivity index (χ1) is 20.3. The first-order valence-electron chi connectivity index (χ1n) is 16.9. The second-order valence-electron chi connectivity index (χ2n) is 15.2. The van der Waals surface area contributed by atoms with E-state index in [1.54, 1.807) is 11.1 Å². The molecule has 0 saturated carbocycles. The van der Waals surface area contributed by atoms with Gasteiger partial charge in [-0.25, -0.2) is 0 Å². The van der Waals surface area contributed by atoms with Gasteiger partial charge in [0.25, 0.3) is 0 Å². The standard InChI is InChI=1S/C18H36N2O6.C17H30.K/c1-7-21-13-14-24-10-4-20-5-11-25-17-15-22-8-2-19(1)3-9-23-16-18-26-12-6-20;1-15(2,3)12-10-13(16(4,5)6)14(11-12)17(7,8)9;/h1-18H2;10-12H,1-9H3;/q;;+1/p+2. The van der Waals surface area contributed by atoms with Crippen molar-refractivity contribution in [3.8, 4) is 0 Å². The van der Waals surface area contributed by atoms with Crippen LogP contribution in [0.15, 0.2) is 23.3 Å². The average molecular weight is 652 g/mol. The van der Waals surface area contributed by atoms with Crippen molar-refractivity contribution in [1.82, 2.24) is 0 Å². The molecular formula is C35H68KN2O6+3. The summed E-state index contributed by atoms with van der Waals surface area (Å²) < 4.78 is 34.4. The van der Waals surface area contributed by atoms with Crippen LogP contribution in [0.5, 0.6) is 0 Å². The van der Waals surface area contributed by atoms with Crippen molar-refractivity contribution in [3.05, 3.63) is 23.3 Å². The number of fused-ring (bicyclic) bond motifs is 21. The summed E-state index contributed by atoms with van der Waals surface area (Å²) in [6.45, 7) is 35.0. The molecule has 0 spiro atoms. The first-order valence-corrected chi connectivity index (χ1v) is 16.9. The van der Waals surface area contributed by atoms with E-state index in [1.807, 2.05) is 0 Å². The molecule has 44 heavy (non-hydrogen) atoms. The maximum Gasteiger partial charge on any atom is 1.00 e. The fourth-order valence-corrected chi connectivity index (χ4v) is 5.41. The third-order valence-electron chi connectivity index (χ3n) is 8.31. The normalized spacial score (nSPS) is 25.5. The van der Waals surface area contributed by atoms with Crippen molar-refractivity contribution in [1.29, 1.82) is 0 Å². The average Bonchev–Trinajstić information content (AvgIpc) is 3.40. The van der Waals surface area contributed by atoms with Crippen LogP contribution in [0, 0.1) is 22.2 Å². The molecule has 4 rings (SSSR count). The Kier molecular flexibility index (Phi) is 21.8. The maximum absolute atomic E-state index is 5.73. The maximum atomic E-state index is 5.73. The third kappa shape index (κ3) is 18.4. The molecule has 0 aromatic heterocycles. The van der Waals surface area contributed by atoms with Crippen LogP contribution < -0.4 is 61.2 Å². The molecule has 3 saturated heterocycles. The molecule has 0 amide bonds. The number of rotatable bonds is 0. The van der Waals surface area contributed by atoms with Gasteiger partial charge in [0.1, 0.15) is 39.3 Å². The SMILES string of the molecule is C1COCC[NH+]2CCOCCOCC[NH+](CCO1)CCOCCOCC2.CC(C)(C)C1=CC(C(C)(C)C)C=C1C(C)(C)C.[K+]. The molecule has 9 heteroatoms. The fraction of sp³-hybridized carbons (Fsp3) is 0.886. The molecule has 3 fully saturated rings. The molecule has 0 aromatic rings. The van der Waals surface area contributed by atoms with Gasteiger partial charge in [0.05, 0.1) is 79.3 Å². The summed E-state index contributed by atoms with van der Waals surface area (Å²) in [4.78, 5) is 2.88. The number of hydrogen-bond donors (Lipinski definition) is 2. The van der Waals surface area contributed by atoms with E-state index in [0.29, 0.717) is 51.0 Å². The van der Waals surface area contributed by atoms with Crippen LogP contribution in [0.4, 0.5) is 0 Å². The second kappa shape index (κ2) is 22.4. The number of hydrogen-bond acceptors (Lipinski definition) is 6. The van der Waals surface area contributed by atoms with Gasteiger partial charge in [-0.2, -0.15) is 0 Å². The van der Waals surface area contributed by atoms with Gasteiger partial charge in [0.15, 0.2) is 0 Å². The largest absolute Gasteiger partial charge is 1.00 e. The van der Waals surface area contributed by atoms with E-state index in [0.717, 1.165) is 78.9 Å². The van der Waals surface area contributed by atoms with Crippen molar-refractivity contribution in [2.45, 2.75) is 62.3 Å². The molecular weight excluding hydrogens is 583 g/mol. The molecule has 3 heterocycles. The zero-order valence-corrected chi connectivity index (χ0v) is 33.5. The molecule has 8 nitrogen and oxygen atoms in total. The zero-order chi connectivity index (χ0) is 31.8. The molecule has 3 aliphatic heterocycles. The van der Waals surface area contributed by atoms with Gasteiger partial charge in [-0.1, -0.05) is 74.5 Å². The van der Waals surface area contributed by atoms with Gasteiger partial charge in [-0.3, -0.25) is 0 Å². The summed E-state index contributed by atoms with van der Waals surface area (Å²) in [6.07, 6.45) is 5.00. The van der Waals surface area contributed by atoms with E-state index in [1.165, 1.54) is 9.80 Å². The van der Waals surface area contributed by atoms with Crippen molar-refractivity contribution in [3.63, 3.8) is 0 Å². The van der Waals surface area contributed by atoms with Gasteiger partial charge >= 0.3 is 51.4 Å². The molecule has 0 radical (unpaired) electrons. The van der Waals surface area contributed by atoms with Crippen LogP contribution >= 0.6 is 0 Å². The van der Waals surface area contributed by atoms with E-state index < -0.39 is 0 Å². The van der Waals surface area contributed by atoms with Crippen LogP contribution in [0.25, 0.3) is 0 Å². The Hall–Kier alpha value is 0.796. The molecule has 0 aromatic carbocycles. The predicted octanol–water partition coefficient (Wildman–Crippen LogP) is -0.506. The molecule has 252 valence electrons. The smallest absolute Gasteiger partial charge is 0.373 e. The Balaban J connectivity index is 0.000000469. The third-order valence-corrected chi connectivity index (χ3v) is 8.31. The molecule has 1 aliphatic carbocycles. The van der Waals surface area contributed by atoms with Crippen molar-refractivity contribution in [2.75, 3.05) is 119 Å². The molecule has 2 bridgehead atoms. The first kappa shape index (κ1) is 42.8. The Bertz CT molecular complexity index is 708. The van der Waals surface area contributed by atoms with Gasteiger partial charge < -0.3 is 38.2 Å². The van der Waals surface area contributed by atoms with Crippen LogP contribution in [-0.2, 0) is 28.4 Å². The van der Waals surface area contributed by atoms with Crippen LogP contribution in [-0.4, -0.2) is 119 Å². The topological polar surface area (TPSA) is 64.3 Å². The number of ether oxygens (including phenoxy) is 6. The number of allylic oxidation sites excluding steroid dienone is 4. The Labute approximate surface area is 313 Å². The fourth-order valence-electron chi connectivity index (χ4n) is 5.41. The molecule has 2 N–H and O–H groups in total. The van der Waals surface area contributed by atoms with Crippen LogP contribution in [0.1, 0.15) is 62.3 Å². The van der Waals surface area contributed by atoms with Crippen molar-refractivity contribution in [2.24, 2.45) is 22.2 Å². The van der Waals surface area contributed by atoms with E-state index >= 15 is 0 Å². The van der Waals surface area contributed by atoms with Crippen molar-refractivity contribution < 1.29 is 89.6 Å². The van der Waals surface area contributed by atoms with Gasteiger partial charge in [-0.05, 0) is 27.4 Å². The Morgan fingerprint density at radius 1 is 0.432 bits per heavy atom. The van der Waals surface area contributed by atoms with Crippen molar-refractivity contribution >= 4 is 0 Å². The summed E-state index contributed by atoms with van der Waals surface area (Å²) in [6, 6.07) is 0. The predicted molar refractivity (Wildman–Crippen MR) is 174 cm³/mol. The molecule has 0 atom stereocenters. The monoisotopic (exact) mass is 651 g/mol. The number of quaternary nitrogens is 2. The van der Waals surface area contributed by atoms with Crippen LogP contribution in [0.3, 0.4) is 0 Å². The van der Waals surface area contributed by atoms with E-state index in [-0.39, 0.29) is 62.2 Å². The Morgan fingerprint density at radius 2 is 0.659 bits per heavy atom. The quantitative estimate of drug-likeness (QED) is 0.345. The summed E-state index contributed by atoms with van der Waals surface area (Å²) in [7, 11) is 0. The minimum absolute atomic E-state index is 0. The minimum atomic E-state index is 0. The van der Waals surface area contributed by atoms with E-state index in [2.05, 4.69) is 74.5 Å². The summed E-state index contributed by atoms with van der Waals surface area (Å²) in [5.41, 5.74) is 3.91. The summed E-state index contributed by atoms with van der Waals surface area (Å²) in [5, 5.41) is 0.